The van der Waals surface area contributed by atoms with Gasteiger partial charge in [-0.25, -0.2) is 0 Å². The van der Waals surface area contributed by atoms with Gasteiger partial charge in [-0.05, 0) is 55.0 Å². The molecule has 2 aromatic heterocycles. The van der Waals surface area contributed by atoms with E-state index in [2.05, 4.69) is 22.0 Å². The number of nitriles is 1. The molecule has 0 amide bonds. The summed E-state index contributed by atoms with van der Waals surface area (Å²) >= 11 is 3.46. The Bertz CT molecular complexity index is 1270. The van der Waals surface area contributed by atoms with Gasteiger partial charge < -0.3 is 4.42 Å². The molecule has 0 saturated carbocycles. The van der Waals surface area contributed by atoms with E-state index in [-0.39, 0.29) is 5.91 Å². The quantitative estimate of drug-likeness (QED) is 0.363. The first-order valence-corrected chi connectivity index (χ1v) is 9.45. The number of carbonyl (C=O) groups excluding carboxylic acids is 1. The van der Waals surface area contributed by atoms with Crippen LogP contribution in [0.5, 0.6) is 0 Å². The van der Waals surface area contributed by atoms with Gasteiger partial charge in [-0.15, -0.1) is 0 Å². The number of hydrogen-bond acceptors (Lipinski definition) is 3. The van der Waals surface area contributed by atoms with Crippen LogP contribution in [0, 0.1) is 18.3 Å². The number of allylic oxidation sites excluding steroid dienone is 1. The van der Waals surface area contributed by atoms with Crippen LogP contribution in [-0.2, 0) is 0 Å². The fourth-order valence-electron chi connectivity index (χ4n) is 3.18. The minimum absolute atomic E-state index is 0.240. The maximum absolute atomic E-state index is 12.6. The van der Waals surface area contributed by atoms with E-state index >= 15 is 0 Å². The van der Waals surface area contributed by atoms with E-state index in [1.54, 1.807) is 12.3 Å². The summed E-state index contributed by atoms with van der Waals surface area (Å²) in [6.07, 6.45) is 4.65. The number of aryl methyl sites for hydroxylation is 1. The predicted octanol–water partition coefficient (Wildman–Crippen LogP) is 6.20. The molecule has 0 N–H and O–H groups in total. The highest BCUT2D eigenvalue weighted by atomic mass is 79.9. The molecule has 136 valence electrons. The number of nitrogens with zero attached hydrogens (tertiary/aromatic N) is 2. The molecule has 4 rings (SSSR count). The molecule has 0 aliphatic carbocycles. The molecule has 2 heterocycles. The van der Waals surface area contributed by atoms with Crippen LogP contribution in [-0.4, -0.2) is 10.5 Å². The second kappa shape index (κ2) is 7.34. The first-order valence-electron chi connectivity index (χ1n) is 8.66. The largest absolute Gasteiger partial charge is 0.457 e. The SMILES string of the molecule is Cc1cc(Br)ccc1-c1ccc(/C=C/C(=O)n2cc(C#N)c3ccccc32)o1. The molecule has 2 aromatic carbocycles. The van der Waals surface area contributed by atoms with Crippen LogP contribution >= 0.6 is 15.9 Å². The molecule has 0 spiro atoms. The van der Waals surface area contributed by atoms with Gasteiger partial charge in [0.2, 0.25) is 0 Å². The van der Waals surface area contributed by atoms with Crippen molar-refractivity contribution < 1.29 is 9.21 Å². The van der Waals surface area contributed by atoms with Crippen molar-refractivity contribution in [1.82, 2.24) is 4.57 Å². The number of furan rings is 1. The fourth-order valence-corrected chi connectivity index (χ4v) is 3.65. The van der Waals surface area contributed by atoms with Crippen LogP contribution in [0.4, 0.5) is 0 Å². The van der Waals surface area contributed by atoms with Gasteiger partial charge in [0.05, 0.1) is 11.1 Å². The van der Waals surface area contributed by atoms with Gasteiger partial charge in [0.1, 0.15) is 17.6 Å². The summed E-state index contributed by atoms with van der Waals surface area (Å²) in [6, 6.07) is 19.2. The van der Waals surface area contributed by atoms with Crippen LogP contribution in [0.2, 0.25) is 0 Å². The number of halogens is 1. The Labute approximate surface area is 170 Å². The van der Waals surface area contributed by atoms with E-state index < -0.39 is 0 Å². The Balaban J connectivity index is 1.61. The van der Waals surface area contributed by atoms with Crippen molar-refractivity contribution in [1.29, 1.82) is 5.26 Å². The Hall–Kier alpha value is -3.36. The number of fused-ring (bicyclic) bond motifs is 1. The lowest BCUT2D eigenvalue weighted by Crippen LogP contribution is -2.04. The molecule has 0 saturated heterocycles. The monoisotopic (exact) mass is 430 g/mol. The van der Waals surface area contributed by atoms with Crippen molar-refractivity contribution in [3.05, 3.63) is 88.2 Å². The summed E-state index contributed by atoms with van der Waals surface area (Å²) in [4.78, 5) is 12.6. The lowest BCUT2D eigenvalue weighted by molar-refractivity contribution is 0.0974. The van der Waals surface area contributed by atoms with Gasteiger partial charge in [-0.1, -0.05) is 34.1 Å². The lowest BCUT2D eigenvalue weighted by atomic mass is 10.1. The Kier molecular flexibility index (Phi) is 4.72. The van der Waals surface area contributed by atoms with Crippen LogP contribution in [0.3, 0.4) is 0 Å². The molecule has 0 atom stereocenters. The van der Waals surface area contributed by atoms with Crippen molar-refractivity contribution in [3.63, 3.8) is 0 Å². The number of rotatable bonds is 3. The zero-order valence-electron chi connectivity index (χ0n) is 15.0. The molecule has 4 aromatic rings. The van der Waals surface area contributed by atoms with Crippen LogP contribution in [0.15, 0.2) is 75.8 Å². The summed E-state index contributed by atoms with van der Waals surface area (Å²) < 4.78 is 8.37. The smallest absolute Gasteiger partial charge is 0.255 e. The highest BCUT2D eigenvalue weighted by molar-refractivity contribution is 9.10. The van der Waals surface area contributed by atoms with Crippen molar-refractivity contribution in [3.8, 4) is 17.4 Å². The first-order chi connectivity index (χ1) is 13.6. The maximum atomic E-state index is 12.6. The standard InChI is InChI=1S/C23H15BrN2O2/c1-15-12-17(24)6-9-19(15)22-10-7-18(28-22)8-11-23(27)26-14-16(13-25)20-4-2-3-5-21(20)26/h2-12,14H,1H3/b11-8+. The molecular formula is C23H15BrN2O2. The van der Waals surface area contributed by atoms with Gasteiger partial charge in [0.15, 0.2) is 0 Å². The molecule has 0 bridgehead atoms. The first kappa shape index (κ1) is 18.0. The van der Waals surface area contributed by atoms with Gasteiger partial charge in [-0.2, -0.15) is 5.26 Å². The third-order valence-electron chi connectivity index (χ3n) is 4.54. The molecule has 0 unspecified atom stereocenters. The number of para-hydroxylation sites is 1. The minimum Gasteiger partial charge on any atom is -0.457 e. The summed E-state index contributed by atoms with van der Waals surface area (Å²) in [7, 11) is 0. The normalized spacial score (nSPS) is 11.2. The topological polar surface area (TPSA) is 58.9 Å². The third-order valence-corrected chi connectivity index (χ3v) is 5.03. The molecule has 0 fully saturated rings. The van der Waals surface area contributed by atoms with Crippen molar-refractivity contribution >= 4 is 38.8 Å². The van der Waals surface area contributed by atoms with E-state index in [0.29, 0.717) is 16.8 Å². The molecule has 28 heavy (non-hydrogen) atoms. The molecular weight excluding hydrogens is 416 g/mol. The van der Waals surface area contributed by atoms with Gasteiger partial charge >= 0.3 is 0 Å². The highest BCUT2D eigenvalue weighted by Gasteiger charge is 2.12. The average Bonchev–Trinajstić information content (AvgIpc) is 3.31. The van der Waals surface area contributed by atoms with Crippen molar-refractivity contribution in [2.75, 3.05) is 0 Å². The lowest BCUT2D eigenvalue weighted by Gasteiger charge is -2.02. The van der Waals surface area contributed by atoms with Crippen molar-refractivity contribution in [2.24, 2.45) is 0 Å². The van der Waals surface area contributed by atoms with Gasteiger partial charge in [0.25, 0.3) is 5.91 Å². The van der Waals surface area contributed by atoms with E-state index in [0.717, 1.165) is 26.7 Å². The predicted molar refractivity (Wildman–Crippen MR) is 113 cm³/mol. The maximum Gasteiger partial charge on any atom is 0.255 e. The molecule has 0 aliphatic rings. The summed E-state index contributed by atoms with van der Waals surface area (Å²) in [6.45, 7) is 2.02. The third kappa shape index (κ3) is 3.30. The fraction of sp³-hybridized carbons (Fsp3) is 0.0435. The molecule has 4 nitrogen and oxygen atoms in total. The van der Waals surface area contributed by atoms with E-state index in [4.69, 9.17) is 4.42 Å². The van der Waals surface area contributed by atoms with Gasteiger partial charge in [0, 0.05) is 27.7 Å². The van der Waals surface area contributed by atoms with E-state index in [1.807, 2.05) is 61.5 Å². The zero-order chi connectivity index (χ0) is 19.7. The number of carbonyl (C=O) groups is 1. The number of hydrogen-bond donors (Lipinski definition) is 0. The number of aromatic nitrogens is 1. The van der Waals surface area contributed by atoms with E-state index in [9.17, 15) is 10.1 Å². The van der Waals surface area contributed by atoms with E-state index in [1.165, 1.54) is 10.6 Å². The average molecular weight is 431 g/mol. The second-order valence-corrected chi connectivity index (χ2v) is 7.29. The second-order valence-electron chi connectivity index (χ2n) is 6.37. The van der Waals surface area contributed by atoms with Crippen LogP contribution in [0.25, 0.3) is 28.3 Å². The Morgan fingerprint density at radius 2 is 2.00 bits per heavy atom. The van der Waals surface area contributed by atoms with Crippen molar-refractivity contribution in [2.45, 2.75) is 6.92 Å². The Morgan fingerprint density at radius 1 is 1.18 bits per heavy atom. The summed E-state index contributed by atoms with van der Waals surface area (Å²) in [5.41, 5.74) is 3.28. The molecule has 5 heteroatoms. The van der Waals surface area contributed by atoms with Gasteiger partial charge in [-0.3, -0.25) is 9.36 Å². The Morgan fingerprint density at radius 3 is 2.79 bits per heavy atom. The minimum atomic E-state index is -0.240. The summed E-state index contributed by atoms with van der Waals surface area (Å²) in [5.74, 6) is 1.09. The molecule has 0 radical (unpaired) electrons. The molecule has 0 aliphatic heterocycles. The highest BCUT2D eigenvalue weighted by Crippen LogP contribution is 2.28. The van der Waals surface area contributed by atoms with Crippen LogP contribution in [0.1, 0.15) is 21.7 Å². The van der Waals surface area contributed by atoms with Crippen LogP contribution < -0.4 is 0 Å². The zero-order valence-corrected chi connectivity index (χ0v) is 16.6. The number of benzene rings is 2. The summed E-state index contributed by atoms with van der Waals surface area (Å²) in [5, 5.41) is 10.0.